The number of carbonyl (C=O) groups is 1. The van der Waals surface area contributed by atoms with Crippen LogP contribution in [0.5, 0.6) is 0 Å². The van der Waals surface area contributed by atoms with Crippen molar-refractivity contribution in [2.45, 2.75) is 64.5 Å². The number of piperidine rings is 1. The largest absolute Gasteiger partial charge is 0.376 e. The van der Waals surface area contributed by atoms with E-state index in [-0.39, 0.29) is 23.5 Å². The monoisotopic (exact) mass is 268 g/mol. The predicted octanol–water partition coefficient (Wildman–Crippen LogP) is 1.84. The first kappa shape index (κ1) is 14.8. The maximum Gasteiger partial charge on any atom is 0.226 e. The normalized spacial score (nSPS) is 28.0. The first-order chi connectivity index (χ1) is 9.18. The summed E-state index contributed by atoms with van der Waals surface area (Å²) < 4.78 is 5.67. The summed E-state index contributed by atoms with van der Waals surface area (Å²) in [4.78, 5) is 12.7. The van der Waals surface area contributed by atoms with Gasteiger partial charge in [0.05, 0.1) is 17.6 Å². The van der Waals surface area contributed by atoms with Gasteiger partial charge in [-0.1, -0.05) is 13.3 Å². The van der Waals surface area contributed by atoms with Crippen molar-refractivity contribution in [3.63, 3.8) is 0 Å². The van der Waals surface area contributed by atoms with Gasteiger partial charge in [0, 0.05) is 6.61 Å². The van der Waals surface area contributed by atoms with Gasteiger partial charge in [0.2, 0.25) is 5.91 Å². The Morgan fingerprint density at radius 2 is 2.21 bits per heavy atom. The Kier molecular flexibility index (Phi) is 5.22. The van der Waals surface area contributed by atoms with Gasteiger partial charge in [-0.25, -0.2) is 0 Å². The third kappa shape index (κ3) is 3.48. The molecule has 0 aliphatic carbocycles. The summed E-state index contributed by atoms with van der Waals surface area (Å²) >= 11 is 0. The van der Waals surface area contributed by atoms with Gasteiger partial charge in [0.1, 0.15) is 0 Å². The van der Waals surface area contributed by atoms with E-state index in [0.717, 1.165) is 58.2 Å². The lowest BCUT2D eigenvalue weighted by Crippen LogP contribution is -2.52. The lowest BCUT2D eigenvalue weighted by atomic mass is 9.74. The van der Waals surface area contributed by atoms with Crippen molar-refractivity contribution in [2.24, 2.45) is 5.41 Å². The first-order valence-electron chi connectivity index (χ1n) is 7.81. The Hall–Kier alpha value is -0.610. The number of rotatable bonds is 5. The van der Waals surface area contributed by atoms with Crippen LogP contribution < -0.4 is 10.6 Å². The van der Waals surface area contributed by atoms with E-state index in [0.29, 0.717) is 0 Å². The van der Waals surface area contributed by atoms with E-state index in [4.69, 9.17) is 4.74 Å². The van der Waals surface area contributed by atoms with Crippen LogP contribution in [0.4, 0.5) is 0 Å². The van der Waals surface area contributed by atoms with E-state index < -0.39 is 0 Å². The minimum atomic E-state index is -0.146. The maximum atomic E-state index is 12.7. The smallest absolute Gasteiger partial charge is 0.226 e. The molecule has 2 atom stereocenters. The van der Waals surface area contributed by atoms with Crippen molar-refractivity contribution in [3.05, 3.63) is 0 Å². The van der Waals surface area contributed by atoms with Gasteiger partial charge in [0.15, 0.2) is 0 Å². The van der Waals surface area contributed by atoms with E-state index in [1.165, 1.54) is 0 Å². The summed E-state index contributed by atoms with van der Waals surface area (Å²) in [6.07, 6.45) is 6.40. The standard InChI is InChI=1S/C15H28N2O2/c1-3-6-15(7-9-16-10-8-15)14(18)17-12(2)13-5-4-11-19-13/h12-13,16H,3-11H2,1-2H3,(H,17,18). The molecule has 0 aromatic heterocycles. The van der Waals surface area contributed by atoms with Gasteiger partial charge < -0.3 is 15.4 Å². The summed E-state index contributed by atoms with van der Waals surface area (Å²) in [5.74, 6) is 0.249. The van der Waals surface area contributed by atoms with E-state index in [1.54, 1.807) is 0 Å². The molecule has 2 aliphatic rings. The number of amides is 1. The van der Waals surface area contributed by atoms with Crippen LogP contribution in [0.2, 0.25) is 0 Å². The molecule has 110 valence electrons. The lowest BCUT2D eigenvalue weighted by Gasteiger charge is -2.37. The van der Waals surface area contributed by atoms with E-state index in [1.807, 2.05) is 0 Å². The zero-order valence-corrected chi connectivity index (χ0v) is 12.3. The molecule has 19 heavy (non-hydrogen) atoms. The van der Waals surface area contributed by atoms with Crippen LogP contribution in [0.15, 0.2) is 0 Å². The Morgan fingerprint density at radius 1 is 1.47 bits per heavy atom. The molecule has 2 aliphatic heterocycles. The molecule has 1 amide bonds. The average Bonchev–Trinajstić information content (AvgIpc) is 2.94. The molecule has 2 unspecified atom stereocenters. The maximum absolute atomic E-state index is 12.7. The van der Waals surface area contributed by atoms with Crippen LogP contribution in [-0.4, -0.2) is 37.7 Å². The summed E-state index contributed by atoms with van der Waals surface area (Å²) in [6, 6.07) is 0.138. The highest BCUT2D eigenvalue weighted by Gasteiger charge is 2.39. The van der Waals surface area contributed by atoms with Crippen molar-refractivity contribution < 1.29 is 9.53 Å². The number of ether oxygens (including phenoxy) is 1. The predicted molar refractivity (Wildman–Crippen MR) is 76.0 cm³/mol. The molecule has 4 heteroatoms. The zero-order valence-electron chi connectivity index (χ0n) is 12.3. The number of nitrogens with one attached hydrogen (secondary N) is 2. The average molecular weight is 268 g/mol. The molecule has 0 aromatic rings. The van der Waals surface area contributed by atoms with Crippen LogP contribution in [0.1, 0.15) is 52.4 Å². The van der Waals surface area contributed by atoms with Crippen LogP contribution in [-0.2, 0) is 9.53 Å². The Labute approximate surface area is 116 Å². The van der Waals surface area contributed by atoms with Crippen molar-refractivity contribution in [3.8, 4) is 0 Å². The van der Waals surface area contributed by atoms with Crippen molar-refractivity contribution >= 4 is 5.91 Å². The third-order valence-corrected chi connectivity index (χ3v) is 4.65. The van der Waals surface area contributed by atoms with Gasteiger partial charge in [-0.2, -0.15) is 0 Å². The van der Waals surface area contributed by atoms with Crippen LogP contribution in [0, 0.1) is 5.41 Å². The third-order valence-electron chi connectivity index (χ3n) is 4.65. The molecule has 2 saturated heterocycles. The zero-order chi connectivity index (χ0) is 13.7. The molecular weight excluding hydrogens is 240 g/mol. The molecular formula is C15H28N2O2. The van der Waals surface area contributed by atoms with Gasteiger partial charge in [-0.3, -0.25) is 4.79 Å². The molecule has 0 aromatic carbocycles. The Morgan fingerprint density at radius 3 is 2.79 bits per heavy atom. The Bertz CT molecular complexity index is 289. The SMILES string of the molecule is CCCC1(C(=O)NC(C)C2CCCO2)CCNCC1. The van der Waals surface area contributed by atoms with E-state index >= 15 is 0 Å². The lowest BCUT2D eigenvalue weighted by molar-refractivity contribution is -0.134. The molecule has 2 heterocycles. The van der Waals surface area contributed by atoms with Crippen molar-refractivity contribution in [2.75, 3.05) is 19.7 Å². The minimum absolute atomic E-state index is 0.138. The highest BCUT2D eigenvalue weighted by atomic mass is 16.5. The topological polar surface area (TPSA) is 50.4 Å². The van der Waals surface area contributed by atoms with Gasteiger partial charge in [-0.15, -0.1) is 0 Å². The molecule has 0 radical (unpaired) electrons. The van der Waals surface area contributed by atoms with Crippen molar-refractivity contribution in [1.82, 2.24) is 10.6 Å². The van der Waals surface area contributed by atoms with Crippen LogP contribution in [0.25, 0.3) is 0 Å². The van der Waals surface area contributed by atoms with Gasteiger partial charge in [0.25, 0.3) is 0 Å². The van der Waals surface area contributed by atoms with Gasteiger partial charge in [-0.05, 0) is 52.1 Å². The quantitative estimate of drug-likeness (QED) is 0.800. The summed E-state index contributed by atoms with van der Waals surface area (Å²) in [7, 11) is 0. The summed E-state index contributed by atoms with van der Waals surface area (Å²) in [6.45, 7) is 7.01. The number of hydrogen-bond donors (Lipinski definition) is 2. The fourth-order valence-corrected chi connectivity index (χ4v) is 3.42. The molecule has 2 fully saturated rings. The molecule has 4 nitrogen and oxygen atoms in total. The van der Waals surface area contributed by atoms with Crippen LogP contribution in [0.3, 0.4) is 0 Å². The second kappa shape index (κ2) is 6.71. The van der Waals surface area contributed by atoms with E-state index in [2.05, 4.69) is 24.5 Å². The van der Waals surface area contributed by atoms with Crippen molar-refractivity contribution in [1.29, 1.82) is 0 Å². The minimum Gasteiger partial charge on any atom is -0.376 e. The van der Waals surface area contributed by atoms with Gasteiger partial charge >= 0.3 is 0 Å². The molecule has 0 spiro atoms. The van der Waals surface area contributed by atoms with E-state index in [9.17, 15) is 4.79 Å². The molecule has 0 bridgehead atoms. The molecule has 0 saturated carbocycles. The highest BCUT2D eigenvalue weighted by molar-refractivity contribution is 5.83. The highest BCUT2D eigenvalue weighted by Crippen LogP contribution is 2.34. The first-order valence-corrected chi connectivity index (χ1v) is 7.81. The fourth-order valence-electron chi connectivity index (χ4n) is 3.42. The van der Waals surface area contributed by atoms with Crippen LogP contribution >= 0.6 is 0 Å². The fraction of sp³-hybridized carbons (Fsp3) is 0.933. The molecule has 2 rings (SSSR count). The number of hydrogen-bond acceptors (Lipinski definition) is 3. The summed E-state index contributed by atoms with van der Waals surface area (Å²) in [5, 5.41) is 6.58. The second-order valence-corrected chi connectivity index (χ2v) is 6.09. The second-order valence-electron chi connectivity index (χ2n) is 6.09. The summed E-state index contributed by atoms with van der Waals surface area (Å²) in [5.41, 5.74) is -0.146. The number of carbonyl (C=O) groups excluding carboxylic acids is 1. The molecule has 2 N–H and O–H groups in total. The Balaban J connectivity index is 1.94.